The molecule has 8 heteroatoms. The molecule has 2 fully saturated rings. The van der Waals surface area contributed by atoms with E-state index in [1.54, 1.807) is 21.6 Å². The highest BCUT2D eigenvalue weighted by Crippen LogP contribution is 2.29. The van der Waals surface area contributed by atoms with Crippen molar-refractivity contribution in [3.8, 4) is 0 Å². The van der Waals surface area contributed by atoms with Crippen LogP contribution in [0.1, 0.15) is 40.0 Å². The number of carboxylic acid groups (broad SMARTS) is 1. The van der Waals surface area contributed by atoms with Crippen molar-refractivity contribution in [3.05, 3.63) is 0 Å². The Balaban J connectivity index is 1.99. The highest BCUT2D eigenvalue weighted by atomic mass is 32.2. The normalized spacial score (nSPS) is 24.1. The second-order valence-electron chi connectivity index (χ2n) is 7.78. The molecule has 0 radical (unpaired) electrons. The largest absolute Gasteiger partial charge is 0.479 e. The van der Waals surface area contributed by atoms with E-state index in [4.69, 9.17) is 5.11 Å². The fourth-order valence-corrected chi connectivity index (χ4v) is 4.14. The molecule has 2 saturated heterocycles. The van der Waals surface area contributed by atoms with E-state index in [0.29, 0.717) is 18.1 Å². The molecule has 0 saturated carbocycles. The van der Waals surface area contributed by atoms with Crippen molar-refractivity contribution in [2.24, 2.45) is 5.41 Å². The van der Waals surface area contributed by atoms with Gasteiger partial charge < -0.3 is 20.0 Å². The molecule has 2 amide bonds. The number of hydrogen-bond acceptors (Lipinski definition) is 5. The van der Waals surface area contributed by atoms with Crippen LogP contribution in [-0.4, -0.2) is 74.2 Å². The van der Waals surface area contributed by atoms with E-state index in [2.05, 4.69) is 0 Å². The number of nitrogens with zero attached hydrogens (tertiary/aromatic N) is 2. The number of carboxylic acids is 1. The number of likely N-dealkylation sites (tertiary alicyclic amines) is 1. The number of thioether (sulfide) groups is 1. The lowest BCUT2D eigenvalue weighted by molar-refractivity contribution is -0.166. The van der Waals surface area contributed by atoms with Crippen LogP contribution in [-0.2, 0) is 14.4 Å². The molecule has 2 aliphatic rings. The van der Waals surface area contributed by atoms with Gasteiger partial charge in [-0.1, -0.05) is 20.8 Å². The van der Waals surface area contributed by atoms with E-state index in [1.807, 2.05) is 20.8 Å². The Morgan fingerprint density at radius 2 is 1.79 bits per heavy atom. The Labute approximate surface area is 146 Å². The minimum Gasteiger partial charge on any atom is -0.479 e. The molecule has 2 N–H and O–H groups in total. The van der Waals surface area contributed by atoms with Crippen molar-refractivity contribution >= 4 is 29.5 Å². The molecule has 0 aromatic heterocycles. The zero-order valence-corrected chi connectivity index (χ0v) is 15.3. The molecule has 0 spiro atoms. The number of hydrogen-bond donors (Lipinski definition) is 2. The van der Waals surface area contributed by atoms with Crippen LogP contribution in [0, 0.1) is 5.41 Å². The highest BCUT2D eigenvalue weighted by molar-refractivity contribution is 7.99. The Morgan fingerprint density at radius 1 is 1.21 bits per heavy atom. The van der Waals surface area contributed by atoms with Crippen LogP contribution in [0.2, 0.25) is 0 Å². The first kappa shape index (κ1) is 19.1. The summed E-state index contributed by atoms with van der Waals surface area (Å²) in [6, 6.07) is -0.485. The van der Waals surface area contributed by atoms with Gasteiger partial charge in [-0.15, -0.1) is 11.8 Å². The minimum atomic E-state index is -1.75. The first-order valence-electron chi connectivity index (χ1n) is 8.15. The zero-order chi connectivity index (χ0) is 18.1. The lowest BCUT2D eigenvalue weighted by atomic mass is 9.91. The summed E-state index contributed by atoms with van der Waals surface area (Å²) in [6.07, 6.45) is 0.420. The number of carbonyl (C=O) groups excluding carboxylic acids is 2. The summed E-state index contributed by atoms with van der Waals surface area (Å²) in [5.41, 5.74) is -1.88. The molecule has 0 aromatic rings. The number of piperidine rings is 1. The first-order chi connectivity index (χ1) is 11.0. The van der Waals surface area contributed by atoms with E-state index < -0.39 is 17.6 Å². The van der Waals surface area contributed by atoms with Gasteiger partial charge in [0, 0.05) is 38.1 Å². The summed E-state index contributed by atoms with van der Waals surface area (Å²) in [6.45, 7) is 6.36. The number of amides is 2. The second-order valence-corrected chi connectivity index (χ2v) is 8.78. The maximum absolute atomic E-state index is 12.8. The molecular formula is C16H26N2O5S. The van der Waals surface area contributed by atoms with Crippen LogP contribution in [0.4, 0.5) is 0 Å². The van der Waals surface area contributed by atoms with Gasteiger partial charge in [0.1, 0.15) is 6.04 Å². The van der Waals surface area contributed by atoms with Gasteiger partial charge in [-0.25, -0.2) is 4.79 Å². The molecule has 2 rings (SSSR count). The maximum atomic E-state index is 12.8. The Morgan fingerprint density at radius 3 is 2.29 bits per heavy atom. The van der Waals surface area contributed by atoms with Crippen molar-refractivity contribution in [1.29, 1.82) is 0 Å². The molecule has 0 aromatic carbocycles. The molecule has 7 nitrogen and oxygen atoms in total. The van der Waals surface area contributed by atoms with Crippen molar-refractivity contribution in [2.75, 3.05) is 24.7 Å². The molecule has 0 bridgehead atoms. The molecule has 0 aliphatic carbocycles. The summed E-state index contributed by atoms with van der Waals surface area (Å²) >= 11 is 1.56. The van der Waals surface area contributed by atoms with Crippen molar-refractivity contribution in [2.45, 2.75) is 51.7 Å². The predicted octanol–water partition coefficient (Wildman–Crippen LogP) is 0.762. The van der Waals surface area contributed by atoms with Gasteiger partial charge in [0.2, 0.25) is 11.8 Å². The third-order valence-electron chi connectivity index (χ3n) is 4.47. The monoisotopic (exact) mass is 358 g/mol. The van der Waals surface area contributed by atoms with Gasteiger partial charge in [-0.3, -0.25) is 9.59 Å². The van der Waals surface area contributed by atoms with Gasteiger partial charge in [-0.05, 0) is 5.41 Å². The molecule has 1 unspecified atom stereocenters. The Hall–Kier alpha value is -1.28. The standard InChI is InChI=1S/C16H26N2O5S/c1-15(2,3)8-12(19)18-10-24-9-11(18)13(20)17-6-4-16(23,5-7-17)14(21)22/h11,23H,4-10H2,1-3H3,(H,21,22). The van der Waals surface area contributed by atoms with Crippen LogP contribution in [0.5, 0.6) is 0 Å². The predicted molar refractivity (Wildman–Crippen MR) is 90.4 cm³/mol. The van der Waals surface area contributed by atoms with E-state index in [0.717, 1.165) is 0 Å². The molecule has 1 atom stereocenters. The van der Waals surface area contributed by atoms with E-state index in [-0.39, 0.29) is 43.2 Å². The number of rotatable bonds is 3. The van der Waals surface area contributed by atoms with Crippen LogP contribution in [0.3, 0.4) is 0 Å². The van der Waals surface area contributed by atoms with Crippen LogP contribution >= 0.6 is 11.8 Å². The lowest BCUT2D eigenvalue weighted by Crippen LogP contribution is -2.55. The van der Waals surface area contributed by atoms with Crippen LogP contribution in [0.25, 0.3) is 0 Å². The van der Waals surface area contributed by atoms with Crippen molar-refractivity contribution in [3.63, 3.8) is 0 Å². The van der Waals surface area contributed by atoms with Crippen LogP contribution < -0.4 is 0 Å². The van der Waals surface area contributed by atoms with Gasteiger partial charge in [0.25, 0.3) is 0 Å². The van der Waals surface area contributed by atoms with Gasteiger partial charge >= 0.3 is 5.97 Å². The SMILES string of the molecule is CC(C)(C)CC(=O)N1CSCC1C(=O)N1CCC(O)(C(=O)O)CC1. The van der Waals surface area contributed by atoms with E-state index >= 15 is 0 Å². The topological polar surface area (TPSA) is 98.2 Å². The fourth-order valence-electron chi connectivity index (χ4n) is 2.97. The summed E-state index contributed by atoms with van der Waals surface area (Å²) in [5, 5.41) is 19.0. The van der Waals surface area contributed by atoms with Gasteiger partial charge in [-0.2, -0.15) is 0 Å². The molecular weight excluding hydrogens is 332 g/mol. The minimum absolute atomic E-state index is 0.0177. The quantitative estimate of drug-likeness (QED) is 0.773. The second kappa shape index (κ2) is 6.92. The average molecular weight is 358 g/mol. The third kappa shape index (κ3) is 4.22. The zero-order valence-electron chi connectivity index (χ0n) is 14.4. The number of carbonyl (C=O) groups is 3. The first-order valence-corrected chi connectivity index (χ1v) is 9.31. The van der Waals surface area contributed by atoms with E-state index in [9.17, 15) is 19.5 Å². The summed E-state index contributed by atoms with van der Waals surface area (Å²) in [4.78, 5) is 39.5. The summed E-state index contributed by atoms with van der Waals surface area (Å²) in [7, 11) is 0. The molecule has 24 heavy (non-hydrogen) atoms. The Kier molecular flexibility index (Phi) is 5.49. The maximum Gasteiger partial charge on any atom is 0.335 e. The summed E-state index contributed by atoms with van der Waals surface area (Å²) in [5.74, 6) is -0.334. The van der Waals surface area contributed by atoms with E-state index in [1.165, 1.54) is 0 Å². The van der Waals surface area contributed by atoms with Crippen molar-refractivity contribution < 1.29 is 24.6 Å². The summed E-state index contributed by atoms with van der Waals surface area (Å²) < 4.78 is 0. The van der Waals surface area contributed by atoms with Gasteiger partial charge in [0.05, 0.1) is 5.88 Å². The van der Waals surface area contributed by atoms with Crippen LogP contribution in [0.15, 0.2) is 0 Å². The average Bonchev–Trinajstić information content (AvgIpc) is 2.95. The third-order valence-corrected chi connectivity index (χ3v) is 5.48. The smallest absolute Gasteiger partial charge is 0.335 e. The number of aliphatic carboxylic acids is 1. The van der Waals surface area contributed by atoms with Gasteiger partial charge in [0.15, 0.2) is 5.60 Å². The number of aliphatic hydroxyl groups is 1. The lowest BCUT2D eigenvalue weighted by Gasteiger charge is -2.37. The molecule has 136 valence electrons. The Bertz CT molecular complexity index is 523. The van der Waals surface area contributed by atoms with Crippen molar-refractivity contribution in [1.82, 2.24) is 9.80 Å². The molecule has 2 heterocycles. The highest BCUT2D eigenvalue weighted by Gasteiger charge is 2.43. The fraction of sp³-hybridized carbons (Fsp3) is 0.812. The molecule has 2 aliphatic heterocycles.